The van der Waals surface area contributed by atoms with E-state index in [0.717, 1.165) is 77.1 Å². The van der Waals surface area contributed by atoms with Crippen molar-refractivity contribution in [1.82, 2.24) is 54.7 Å². The van der Waals surface area contributed by atoms with Crippen LogP contribution in [-0.4, -0.2) is 112 Å². The Morgan fingerprint density at radius 3 is 1.02 bits per heavy atom. The summed E-state index contributed by atoms with van der Waals surface area (Å²) in [6, 6.07) is 33.9. The number of benzene rings is 3. The normalized spacial score (nSPS) is 15.4. The molecule has 2 aliphatic heterocycles. The van der Waals surface area contributed by atoms with Crippen LogP contribution in [-0.2, 0) is 90.7 Å². The number of halogens is 9. The molecule has 0 bridgehead atoms. The standard InChI is InChI=1S/2C27H31F3N6O.C26H28F3N5O/c1-2-36-14-4-6-20(17-36)18-7-9-21(10-8-18)34-26-33-16-22(27(28,29)30)24(35-26)12-11-23-19(15-25(31)37)5-3-13-32-23;1-2-36-14-11-19(12-15-36)18-5-7-21(8-6-18)34-26-33-17-22(27(28,29)30)24(35-26)10-9-23-20(16-25(31)37)4-3-13-32-23;27-26(28,29)21-16-32-25(33-20-10-8-18(9-11-20)17-5-2-1-3-6-17)34-23(21)13-12-22-19(15-24(30)35)7-4-14-31-22/h3,5,7-10,13,16,20H,2,4,6,11-12,14-15,17H2,1H3,(H2,31,37)(H,33,34,35);3-8,13,17,19H,2,9-12,14-16H2,1H3,(H2,31,37)(H,33,34,35);4,7-11,14,16-17H,1-3,5-6,12-13,15H2,(H2,30,35)(H,32,33,34). The number of anilines is 6. The molecule has 6 aromatic heterocycles. The molecule has 0 radical (unpaired) electrons. The van der Waals surface area contributed by atoms with Crippen molar-refractivity contribution in [2.75, 3.05) is 55.2 Å². The number of hydrogen-bond acceptors (Lipinski definition) is 17. The van der Waals surface area contributed by atoms with Gasteiger partial charge in [-0.25, -0.2) is 29.9 Å². The number of likely N-dealkylation sites (tertiary alicyclic amines) is 2. The zero-order chi connectivity index (χ0) is 77.7. The maximum absolute atomic E-state index is 13.7. The largest absolute Gasteiger partial charge is 0.419 e. The van der Waals surface area contributed by atoms with Crippen molar-refractivity contribution < 1.29 is 53.9 Å². The average molecular weight is 1510 g/mol. The van der Waals surface area contributed by atoms with Crippen LogP contribution in [0.5, 0.6) is 0 Å². The fourth-order valence-corrected chi connectivity index (χ4v) is 14.1. The lowest BCUT2D eigenvalue weighted by molar-refractivity contribution is -0.139. The molecular formula is C80H90F9N17O3. The molecule has 9 aromatic rings. The monoisotopic (exact) mass is 1510 g/mol. The zero-order valence-electron chi connectivity index (χ0n) is 60.8. The predicted molar refractivity (Wildman–Crippen MR) is 398 cm³/mol. The highest BCUT2D eigenvalue weighted by Gasteiger charge is 2.38. The predicted octanol–water partition coefficient (Wildman–Crippen LogP) is 14.8. The van der Waals surface area contributed by atoms with Crippen LogP contribution in [0.3, 0.4) is 0 Å². The minimum absolute atomic E-state index is 0.0184. The van der Waals surface area contributed by atoms with Gasteiger partial charge in [-0.3, -0.25) is 29.3 Å². The van der Waals surface area contributed by atoms with Gasteiger partial charge in [-0.2, -0.15) is 39.5 Å². The van der Waals surface area contributed by atoms with Crippen molar-refractivity contribution in [3.63, 3.8) is 0 Å². The number of alkyl halides is 9. The van der Waals surface area contributed by atoms with Crippen molar-refractivity contribution in [3.8, 4) is 0 Å². The van der Waals surface area contributed by atoms with Crippen LogP contribution in [0.25, 0.3) is 0 Å². The number of likely N-dealkylation sites (N-methyl/N-ethyl adjacent to an activating group) is 1. The Balaban J connectivity index is 0.000000174. The van der Waals surface area contributed by atoms with Crippen molar-refractivity contribution in [3.05, 3.63) is 231 Å². The summed E-state index contributed by atoms with van der Waals surface area (Å²) in [5, 5.41) is 9.08. The van der Waals surface area contributed by atoms with Gasteiger partial charge in [0, 0.05) is 77.9 Å². The number of carbonyl (C=O) groups is 3. The van der Waals surface area contributed by atoms with E-state index in [1.54, 1.807) is 36.4 Å². The smallest absolute Gasteiger partial charge is 0.369 e. The maximum atomic E-state index is 13.7. The lowest BCUT2D eigenvalue weighted by Crippen LogP contribution is -2.34. The molecule has 3 fully saturated rings. The fraction of sp³-hybridized carbons (Fsp3) is 0.400. The molecule has 1 unspecified atom stereocenters. The molecule has 1 saturated carbocycles. The molecule has 3 aliphatic rings. The molecule has 0 spiro atoms. The maximum Gasteiger partial charge on any atom is 0.419 e. The van der Waals surface area contributed by atoms with Gasteiger partial charge in [-0.1, -0.05) is 87.7 Å². The summed E-state index contributed by atoms with van der Waals surface area (Å²) in [7, 11) is 0. The second kappa shape index (κ2) is 38.0. The Hall–Kier alpha value is -10.6. The Morgan fingerprint density at radius 1 is 0.385 bits per heavy atom. The minimum atomic E-state index is -4.60. The number of primary amides is 3. The molecule has 29 heteroatoms. The Bertz CT molecular complexity index is 4480. The van der Waals surface area contributed by atoms with E-state index >= 15 is 0 Å². The van der Waals surface area contributed by atoms with E-state index in [2.05, 4.69) is 121 Å². The van der Waals surface area contributed by atoms with Crippen LogP contribution in [0.1, 0.15) is 174 Å². The average Bonchev–Trinajstić information content (AvgIpc) is 0.817. The molecule has 1 atom stereocenters. The molecule has 3 aromatic carbocycles. The Morgan fingerprint density at radius 2 is 0.697 bits per heavy atom. The number of rotatable bonds is 26. The van der Waals surface area contributed by atoms with Crippen LogP contribution < -0.4 is 33.2 Å². The number of nitrogens with zero attached hydrogens (tertiary/aromatic N) is 11. The second-order valence-electron chi connectivity index (χ2n) is 27.4. The zero-order valence-corrected chi connectivity index (χ0v) is 60.8. The van der Waals surface area contributed by atoms with Crippen LogP contribution in [0.4, 0.5) is 74.4 Å². The highest BCUT2D eigenvalue weighted by molar-refractivity contribution is 5.78. The topological polar surface area (TPSA) is 288 Å². The number of carbonyl (C=O) groups excluding carboxylic acids is 3. The van der Waals surface area contributed by atoms with Crippen LogP contribution in [0.15, 0.2) is 146 Å². The number of nitrogens with one attached hydrogen (secondary N) is 3. The van der Waals surface area contributed by atoms with E-state index in [0.29, 0.717) is 68.6 Å². The summed E-state index contributed by atoms with van der Waals surface area (Å²) in [5.74, 6) is 0.230. The highest BCUT2D eigenvalue weighted by atomic mass is 19.4. The number of piperidine rings is 2. The summed E-state index contributed by atoms with van der Waals surface area (Å²) in [6.07, 6.45) is 4.34. The van der Waals surface area contributed by atoms with Crippen LogP contribution in [0, 0.1) is 0 Å². The SMILES string of the molecule is CCN1CCC(c2ccc(Nc3ncc(C(F)(F)F)c(CCc4ncccc4CC(N)=O)n3)cc2)CC1.CCN1CCCC(c2ccc(Nc3ncc(C(F)(F)F)c(CCc4ncccc4CC(N)=O)n3)cc2)C1.NC(=O)Cc1cccnc1CCc1nc(Nc2ccc(C3CCCCC3)cc2)ncc1C(F)(F)F. The fourth-order valence-electron chi connectivity index (χ4n) is 14.1. The number of hydrogen-bond donors (Lipinski definition) is 6. The number of aromatic nitrogens is 9. The molecule has 1 aliphatic carbocycles. The van der Waals surface area contributed by atoms with Gasteiger partial charge in [0.1, 0.15) is 0 Å². The lowest BCUT2D eigenvalue weighted by Gasteiger charge is -2.32. The first-order valence-corrected chi connectivity index (χ1v) is 36.7. The third kappa shape index (κ3) is 24.0. The highest BCUT2D eigenvalue weighted by Crippen LogP contribution is 2.38. The van der Waals surface area contributed by atoms with E-state index in [1.807, 2.05) is 36.4 Å². The van der Waals surface area contributed by atoms with Crippen molar-refractivity contribution in [2.45, 2.75) is 166 Å². The minimum Gasteiger partial charge on any atom is -0.369 e. The van der Waals surface area contributed by atoms with E-state index in [-0.39, 0.29) is 92.7 Å². The summed E-state index contributed by atoms with van der Waals surface area (Å²) in [5.41, 5.74) is 22.0. The van der Waals surface area contributed by atoms with Crippen molar-refractivity contribution >= 4 is 52.6 Å². The molecule has 3 amide bonds. The van der Waals surface area contributed by atoms with E-state index < -0.39 is 52.9 Å². The first-order valence-electron chi connectivity index (χ1n) is 36.7. The summed E-state index contributed by atoms with van der Waals surface area (Å²) < 4.78 is 123. The van der Waals surface area contributed by atoms with Gasteiger partial charge in [-0.05, 0) is 216 Å². The van der Waals surface area contributed by atoms with Gasteiger partial charge < -0.3 is 43.0 Å². The third-order valence-electron chi connectivity index (χ3n) is 19.9. The van der Waals surface area contributed by atoms with E-state index in [4.69, 9.17) is 17.2 Å². The first-order chi connectivity index (χ1) is 52.2. The molecule has 12 rings (SSSR count). The lowest BCUT2D eigenvalue weighted by atomic mass is 9.84. The van der Waals surface area contributed by atoms with Gasteiger partial charge in [0.2, 0.25) is 35.6 Å². The molecule has 576 valence electrons. The van der Waals surface area contributed by atoms with Gasteiger partial charge in [0.25, 0.3) is 0 Å². The second-order valence-corrected chi connectivity index (χ2v) is 27.4. The molecule has 109 heavy (non-hydrogen) atoms. The van der Waals surface area contributed by atoms with Gasteiger partial charge >= 0.3 is 18.5 Å². The number of pyridine rings is 3. The Labute approximate surface area is 627 Å². The van der Waals surface area contributed by atoms with E-state index in [1.165, 1.54) is 73.8 Å². The van der Waals surface area contributed by atoms with Gasteiger partial charge in [-0.15, -0.1) is 0 Å². The molecule has 2 saturated heterocycles. The summed E-state index contributed by atoms with van der Waals surface area (Å²) in [4.78, 5) is 76.0. The summed E-state index contributed by atoms with van der Waals surface area (Å²) in [6.45, 7) is 10.8. The number of aryl methyl sites for hydroxylation is 6. The van der Waals surface area contributed by atoms with Crippen molar-refractivity contribution in [1.29, 1.82) is 0 Å². The molecule has 9 N–H and O–H groups in total. The van der Waals surface area contributed by atoms with Crippen LogP contribution in [0.2, 0.25) is 0 Å². The molecule has 20 nitrogen and oxygen atoms in total. The quantitative estimate of drug-likeness (QED) is 0.0275. The molecular weight excluding hydrogens is 1420 g/mol. The number of nitrogens with two attached hydrogens (primary N) is 3. The van der Waals surface area contributed by atoms with Crippen molar-refractivity contribution in [2.24, 2.45) is 17.2 Å². The Kier molecular flexibility index (Phi) is 28.2. The molecule has 8 heterocycles. The third-order valence-corrected chi connectivity index (χ3v) is 19.9. The number of amides is 3. The van der Waals surface area contributed by atoms with E-state index in [9.17, 15) is 53.9 Å². The summed E-state index contributed by atoms with van der Waals surface area (Å²) >= 11 is 0. The van der Waals surface area contributed by atoms with Crippen LogP contribution >= 0.6 is 0 Å². The van der Waals surface area contributed by atoms with Gasteiger partial charge in [0.15, 0.2) is 0 Å². The first kappa shape index (κ1) is 81.0. The van der Waals surface area contributed by atoms with Gasteiger partial charge in [0.05, 0.1) is 53.0 Å².